The summed E-state index contributed by atoms with van der Waals surface area (Å²) in [5.74, 6) is -0.0504. The van der Waals surface area contributed by atoms with Crippen LogP contribution < -0.4 is 9.47 Å². The molecule has 6 nitrogen and oxygen atoms in total. The SMILES string of the molecule is CC(=O)Oc1ccccc1C(=O)Oc1ccc(/N=C(/C)OC(C)C)cc1. The Balaban J connectivity index is 2.10. The Bertz CT molecular complexity index is 809. The molecule has 0 aliphatic carbocycles. The summed E-state index contributed by atoms with van der Waals surface area (Å²) in [4.78, 5) is 27.8. The zero-order chi connectivity index (χ0) is 19.1. The van der Waals surface area contributed by atoms with Gasteiger partial charge in [0.15, 0.2) is 5.90 Å². The standard InChI is InChI=1S/C20H21NO5/c1-13(2)24-14(3)21-16-9-11-17(12-10-16)26-20(23)18-7-5-6-8-19(18)25-15(4)22/h5-13H,1-4H3/b21-14-. The predicted octanol–water partition coefficient (Wildman–Crippen LogP) is 4.31. The number of carbonyl (C=O) groups excluding carboxylic acids is 2. The Labute approximate surface area is 152 Å². The van der Waals surface area contributed by atoms with Gasteiger partial charge in [-0.25, -0.2) is 9.79 Å². The zero-order valence-corrected chi connectivity index (χ0v) is 15.2. The number of aliphatic imine (C=N–C) groups is 1. The van der Waals surface area contributed by atoms with Gasteiger partial charge in [0.2, 0.25) is 0 Å². The fourth-order valence-electron chi connectivity index (χ4n) is 2.18. The summed E-state index contributed by atoms with van der Waals surface area (Å²) in [7, 11) is 0. The molecule has 136 valence electrons. The van der Waals surface area contributed by atoms with Gasteiger partial charge in [0.1, 0.15) is 17.1 Å². The Hall–Kier alpha value is -3.15. The molecule has 2 aromatic carbocycles. The van der Waals surface area contributed by atoms with Gasteiger partial charge < -0.3 is 14.2 Å². The van der Waals surface area contributed by atoms with Crippen LogP contribution in [0.2, 0.25) is 0 Å². The molecule has 0 aliphatic heterocycles. The summed E-state index contributed by atoms with van der Waals surface area (Å²) >= 11 is 0. The number of carbonyl (C=O) groups is 2. The topological polar surface area (TPSA) is 74.2 Å². The van der Waals surface area contributed by atoms with Gasteiger partial charge in [-0.15, -0.1) is 0 Å². The first-order chi connectivity index (χ1) is 12.3. The molecule has 0 radical (unpaired) electrons. The maximum Gasteiger partial charge on any atom is 0.347 e. The molecule has 2 aromatic rings. The summed E-state index contributed by atoms with van der Waals surface area (Å²) < 4.78 is 15.8. The van der Waals surface area contributed by atoms with Crippen LogP contribution in [-0.2, 0) is 9.53 Å². The second kappa shape index (κ2) is 8.80. The van der Waals surface area contributed by atoms with E-state index in [9.17, 15) is 9.59 Å². The fourth-order valence-corrected chi connectivity index (χ4v) is 2.18. The Morgan fingerprint density at radius 1 is 0.923 bits per heavy atom. The molecular formula is C20H21NO5. The van der Waals surface area contributed by atoms with E-state index in [0.29, 0.717) is 17.3 Å². The number of nitrogens with zero attached hydrogens (tertiary/aromatic N) is 1. The van der Waals surface area contributed by atoms with Crippen molar-refractivity contribution in [1.29, 1.82) is 0 Å². The minimum Gasteiger partial charge on any atom is -0.478 e. The van der Waals surface area contributed by atoms with Crippen LogP contribution in [0.4, 0.5) is 5.69 Å². The molecule has 0 unspecified atom stereocenters. The third-order valence-electron chi connectivity index (χ3n) is 3.10. The first kappa shape index (κ1) is 19.2. The molecule has 0 fully saturated rings. The summed E-state index contributed by atoms with van der Waals surface area (Å²) in [5.41, 5.74) is 0.856. The number of ether oxygens (including phenoxy) is 3. The summed E-state index contributed by atoms with van der Waals surface area (Å²) in [6.07, 6.45) is 0.0521. The fraction of sp³-hybridized carbons (Fsp3) is 0.250. The van der Waals surface area contributed by atoms with E-state index in [-0.39, 0.29) is 17.4 Å². The van der Waals surface area contributed by atoms with Crippen molar-refractivity contribution in [2.75, 3.05) is 0 Å². The van der Waals surface area contributed by atoms with Gasteiger partial charge in [0.25, 0.3) is 0 Å². The van der Waals surface area contributed by atoms with Gasteiger partial charge in [-0.1, -0.05) is 12.1 Å². The highest BCUT2D eigenvalue weighted by atomic mass is 16.5. The van der Waals surface area contributed by atoms with Crippen LogP contribution in [0.15, 0.2) is 53.5 Å². The van der Waals surface area contributed by atoms with Crippen molar-refractivity contribution < 1.29 is 23.8 Å². The highest BCUT2D eigenvalue weighted by Crippen LogP contribution is 2.23. The first-order valence-electron chi connectivity index (χ1n) is 8.17. The van der Waals surface area contributed by atoms with Gasteiger partial charge in [0, 0.05) is 13.8 Å². The Morgan fingerprint density at radius 2 is 1.58 bits per heavy atom. The molecule has 2 rings (SSSR count). The molecule has 0 amide bonds. The Kier molecular flexibility index (Phi) is 6.49. The number of benzene rings is 2. The quantitative estimate of drug-likeness (QED) is 0.346. The van der Waals surface area contributed by atoms with E-state index in [1.807, 2.05) is 13.8 Å². The number of esters is 2. The maximum absolute atomic E-state index is 12.3. The molecule has 0 aliphatic rings. The maximum atomic E-state index is 12.3. The number of para-hydroxylation sites is 1. The van der Waals surface area contributed by atoms with Crippen LogP contribution in [0.1, 0.15) is 38.1 Å². The van der Waals surface area contributed by atoms with Crippen molar-refractivity contribution in [1.82, 2.24) is 0 Å². The van der Waals surface area contributed by atoms with Crippen molar-refractivity contribution in [2.45, 2.75) is 33.8 Å². The molecule has 0 atom stereocenters. The lowest BCUT2D eigenvalue weighted by atomic mass is 10.2. The van der Waals surface area contributed by atoms with Gasteiger partial charge in [-0.2, -0.15) is 0 Å². The molecule has 0 bridgehead atoms. The minimum atomic E-state index is -0.613. The third-order valence-corrected chi connectivity index (χ3v) is 3.10. The van der Waals surface area contributed by atoms with Crippen molar-refractivity contribution >= 4 is 23.5 Å². The van der Waals surface area contributed by atoms with E-state index in [1.165, 1.54) is 19.1 Å². The van der Waals surface area contributed by atoms with Crippen LogP contribution in [-0.4, -0.2) is 23.9 Å². The van der Waals surface area contributed by atoms with E-state index in [0.717, 1.165) is 0 Å². The average Bonchev–Trinajstić information content (AvgIpc) is 2.55. The van der Waals surface area contributed by atoms with E-state index >= 15 is 0 Å². The lowest BCUT2D eigenvalue weighted by Gasteiger charge is -2.09. The largest absolute Gasteiger partial charge is 0.478 e. The van der Waals surface area contributed by atoms with E-state index in [4.69, 9.17) is 14.2 Å². The van der Waals surface area contributed by atoms with Crippen LogP contribution in [0.5, 0.6) is 11.5 Å². The van der Waals surface area contributed by atoms with Gasteiger partial charge in [-0.05, 0) is 50.2 Å². The molecule has 0 spiro atoms. The zero-order valence-electron chi connectivity index (χ0n) is 15.2. The normalized spacial score (nSPS) is 11.2. The smallest absolute Gasteiger partial charge is 0.347 e. The first-order valence-corrected chi connectivity index (χ1v) is 8.17. The number of hydrogen-bond acceptors (Lipinski definition) is 6. The van der Waals surface area contributed by atoms with Crippen LogP contribution >= 0.6 is 0 Å². The second-order valence-corrected chi connectivity index (χ2v) is 5.77. The van der Waals surface area contributed by atoms with Crippen molar-refractivity contribution in [2.24, 2.45) is 4.99 Å². The second-order valence-electron chi connectivity index (χ2n) is 5.77. The molecule has 0 N–H and O–H groups in total. The lowest BCUT2D eigenvalue weighted by Crippen LogP contribution is -2.12. The average molecular weight is 355 g/mol. The van der Waals surface area contributed by atoms with Gasteiger partial charge >= 0.3 is 11.9 Å². The Morgan fingerprint density at radius 3 is 2.19 bits per heavy atom. The van der Waals surface area contributed by atoms with Gasteiger partial charge in [0.05, 0.1) is 11.8 Å². The molecule has 0 saturated heterocycles. The minimum absolute atomic E-state index is 0.0521. The van der Waals surface area contributed by atoms with Crippen molar-refractivity contribution in [3.05, 3.63) is 54.1 Å². The van der Waals surface area contributed by atoms with E-state index < -0.39 is 11.9 Å². The van der Waals surface area contributed by atoms with Crippen LogP contribution in [0.3, 0.4) is 0 Å². The van der Waals surface area contributed by atoms with E-state index in [1.54, 1.807) is 43.3 Å². The molecule has 0 saturated carbocycles. The predicted molar refractivity (Wildman–Crippen MR) is 98.1 cm³/mol. The monoisotopic (exact) mass is 355 g/mol. The van der Waals surface area contributed by atoms with Crippen molar-refractivity contribution in [3.8, 4) is 11.5 Å². The summed E-state index contributed by atoms with van der Waals surface area (Å²) in [5, 5.41) is 0. The summed E-state index contributed by atoms with van der Waals surface area (Å²) in [6, 6.07) is 13.1. The highest BCUT2D eigenvalue weighted by molar-refractivity contribution is 5.94. The highest BCUT2D eigenvalue weighted by Gasteiger charge is 2.15. The van der Waals surface area contributed by atoms with Gasteiger partial charge in [-0.3, -0.25) is 4.79 Å². The third kappa shape index (κ3) is 5.73. The molecule has 0 heterocycles. The number of hydrogen-bond donors (Lipinski definition) is 0. The molecular weight excluding hydrogens is 334 g/mol. The lowest BCUT2D eigenvalue weighted by molar-refractivity contribution is -0.131. The molecule has 6 heteroatoms. The number of rotatable bonds is 5. The molecule has 26 heavy (non-hydrogen) atoms. The van der Waals surface area contributed by atoms with E-state index in [2.05, 4.69) is 4.99 Å². The van der Waals surface area contributed by atoms with Crippen molar-refractivity contribution in [3.63, 3.8) is 0 Å². The molecule has 0 aromatic heterocycles. The van der Waals surface area contributed by atoms with Crippen LogP contribution in [0, 0.1) is 0 Å². The van der Waals surface area contributed by atoms with Crippen LogP contribution in [0.25, 0.3) is 0 Å². The summed E-state index contributed by atoms with van der Waals surface area (Å²) in [6.45, 7) is 6.90.